The Morgan fingerprint density at radius 2 is 1.54 bits per heavy atom. The number of carbonyl (C=O) groups excluding carboxylic acids is 2. The van der Waals surface area contributed by atoms with Crippen LogP contribution in [0.3, 0.4) is 0 Å². The number of benzene rings is 2. The topological polar surface area (TPSA) is 74.7 Å². The normalized spacial score (nSPS) is 10.2. The Morgan fingerprint density at radius 1 is 0.917 bits per heavy atom. The lowest BCUT2D eigenvalue weighted by Gasteiger charge is -2.24. The molecular formula is C19H19NO4. The van der Waals surface area contributed by atoms with Gasteiger partial charge in [-0.3, -0.25) is 4.79 Å². The van der Waals surface area contributed by atoms with Crippen LogP contribution in [0.4, 0.5) is 5.69 Å². The van der Waals surface area contributed by atoms with Gasteiger partial charge in [0, 0.05) is 12.8 Å². The monoisotopic (exact) mass is 325 g/mol. The zero-order valence-electron chi connectivity index (χ0n) is 13.4. The van der Waals surface area contributed by atoms with Gasteiger partial charge in [-0.05, 0) is 24.6 Å². The van der Waals surface area contributed by atoms with Crippen LogP contribution in [0.5, 0.6) is 0 Å². The predicted molar refractivity (Wildman–Crippen MR) is 90.9 cm³/mol. The van der Waals surface area contributed by atoms with Crippen LogP contribution in [0.2, 0.25) is 0 Å². The zero-order valence-corrected chi connectivity index (χ0v) is 13.4. The summed E-state index contributed by atoms with van der Waals surface area (Å²) in [5.74, 6) is -1.44. The SMILES string of the molecule is CC(=O)CCC(=O)N(Cc1ccccc1)c1ccccc1C(=O)O. The average molecular weight is 325 g/mol. The van der Waals surface area contributed by atoms with Gasteiger partial charge in [0.25, 0.3) is 0 Å². The molecule has 124 valence electrons. The van der Waals surface area contributed by atoms with E-state index in [0.717, 1.165) is 5.56 Å². The minimum Gasteiger partial charge on any atom is -0.478 e. The van der Waals surface area contributed by atoms with Crippen LogP contribution in [0.1, 0.15) is 35.7 Å². The summed E-state index contributed by atoms with van der Waals surface area (Å²) in [5, 5.41) is 9.39. The molecule has 0 aliphatic rings. The van der Waals surface area contributed by atoms with E-state index in [1.807, 2.05) is 30.3 Å². The fraction of sp³-hybridized carbons (Fsp3) is 0.211. The fourth-order valence-corrected chi connectivity index (χ4v) is 2.38. The molecule has 2 aromatic carbocycles. The summed E-state index contributed by atoms with van der Waals surface area (Å²) in [6, 6.07) is 15.7. The molecule has 0 unspecified atom stereocenters. The molecule has 0 saturated heterocycles. The van der Waals surface area contributed by atoms with Crippen molar-refractivity contribution in [1.29, 1.82) is 0 Å². The van der Waals surface area contributed by atoms with Gasteiger partial charge in [-0.15, -0.1) is 0 Å². The molecule has 0 aromatic heterocycles. The van der Waals surface area contributed by atoms with Crippen LogP contribution in [0.25, 0.3) is 0 Å². The number of para-hydroxylation sites is 1. The van der Waals surface area contributed by atoms with E-state index < -0.39 is 5.97 Å². The second-order valence-electron chi connectivity index (χ2n) is 5.49. The molecule has 0 bridgehead atoms. The number of nitrogens with zero attached hydrogens (tertiary/aromatic N) is 1. The lowest BCUT2D eigenvalue weighted by atomic mass is 10.1. The summed E-state index contributed by atoms with van der Waals surface area (Å²) >= 11 is 0. The second-order valence-corrected chi connectivity index (χ2v) is 5.49. The molecule has 1 N–H and O–H groups in total. The van der Waals surface area contributed by atoms with Gasteiger partial charge in [0.05, 0.1) is 17.8 Å². The first-order valence-corrected chi connectivity index (χ1v) is 7.65. The Balaban J connectivity index is 2.37. The third-order valence-electron chi connectivity index (χ3n) is 3.60. The molecule has 5 heteroatoms. The van der Waals surface area contributed by atoms with Gasteiger partial charge in [0.1, 0.15) is 5.78 Å². The smallest absolute Gasteiger partial charge is 0.337 e. The maximum Gasteiger partial charge on any atom is 0.337 e. The first-order valence-electron chi connectivity index (χ1n) is 7.65. The van der Waals surface area contributed by atoms with E-state index >= 15 is 0 Å². The number of hydrogen-bond acceptors (Lipinski definition) is 3. The van der Waals surface area contributed by atoms with E-state index in [0.29, 0.717) is 5.69 Å². The Kier molecular flexibility index (Phi) is 5.84. The number of hydrogen-bond donors (Lipinski definition) is 1. The number of rotatable bonds is 7. The molecule has 0 spiro atoms. The van der Waals surface area contributed by atoms with Crippen molar-refractivity contribution in [1.82, 2.24) is 0 Å². The van der Waals surface area contributed by atoms with Gasteiger partial charge in [-0.2, -0.15) is 0 Å². The molecule has 0 aliphatic carbocycles. The number of carboxylic acid groups (broad SMARTS) is 1. The molecule has 0 radical (unpaired) electrons. The standard InChI is InChI=1S/C19H19NO4/c1-14(21)11-12-18(22)20(13-15-7-3-2-4-8-15)17-10-6-5-9-16(17)19(23)24/h2-10H,11-13H2,1H3,(H,23,24). The molecule has 1 amide bonds. The molecule has 24 heavy (non-hydrogen) atoms. The molecule has 0 atom stereocenters. The van der Waals surface area contributed by atoms with Crippen LogP contribution < -0.4 is 4.90 Å². The molecule has 2 aromatic rings. The molecule has 2 rings (SSSR count). The summed E-state index contributed by atoms with van der Waals surface area (Å²) in [5.41, 5.74) is 1.28. The van der Waals surface area contributed by atoms with E-state index in [-0.39, 0.29) is 36.6 Å². The number of carboxylic acids is 1. The van der Waals surface area contributed by atoms with Crippen molar-refractivity contribution in [2.24, 2.45) is 0 Å². The van der Waals surface area contributed by atoms with Crippen molar-refractivity contribution in [3.05, 3.63) is 65.7 Å². The first-order chi connectivity index (χ1) is 11.5. The molecule has 0 fully saturated rings. The largest absolute Gasteiger partial charge is 0.478 e. The van der Waals surface area contributed by atoms with Crippen LogP contribution in [-0.2, 0) is 16.1 Å². The number of anilines is 1. The van der Waals surface area contributed by atoms with E-state index in [1.54, 1.807) is 18.2 Å². The number of carbonyl (C=O) groups is 3. The Morgan fingerprint density at radius 3 is 2.17 bits per heavy atom. The summed E-state index contributed by atoms with van der Waals surface area (Å²) in [7, 11) is 0. The number of amides is 1. The molecule has 0 heterocycles. The molecule has 0 aliphatic heterocycles. The molecular weight excluding hydrogens is 306 g/mol. The van der Waals surface area contributed by atoms with Crippen molar-refractivity contribution in [3.63, 3.8) is 0 Å². The van der Waals surface area contributed by atoms with Gasteiger partial charge in [0.15, 0.2) is 0 Å². The van der Waals surface area contributed by atoms with Crippen LogP contribution in [-0.4, -0.2) is 22.8 Å². The average Bonchev–Trinajstić information content (AvgIpc) is 2.58. The number of aromatic carboxylic acids is 1. The lowest BCUT2D eigenvalue weighted by molar-refractivity contribution is -0.123. The third-order valence-corrected chi connectivity index (χ3v) is 3.60. The number of ketones is 1. The highest BCUT2D eigenvalue weighted by atomic mass is 16.4. The van der Waals surface area contributed by atoms with Crippen molar-refractivity contribution in [3.8, 4) is 0 Å². The number of Topliss-reactive ketones (excluding diaryl/α,β-unsaturated/α-hetero) is 1. The Hall–Kier alpha value is -2.95. The van der Waals surface area contributed by atoms with Crippen molar-refractivity contribution >= 4 is 23.3 Å². The van der Waals surface area contributed by atoms with Gasteiger partial charge in [-0.25, -0.2) is 4.79 Å². The summed E-state index contributed by atoms with van der Waals surface area (Å²) < 4.78 is 0. The molecule has 0 saturated carbocycles. The van der Waals surface area contributed by atoms with E-state index in [9.17, 15) is 19.5 Å². The maximum absolute atomic E-state index is 12.6. The lowest BCUT2D eigenvalue weighted by Crippen LogP contribution is -2.32. The summed E-state index contributed by atoms with van der Waals surface area (Å²) in [6.45, 7) is 1.68. The van der Waals surface area contributed by atoms with Gasteiger partial charge < -0.3 is 14.8 Å². The van der Waals surface area contributed by atoms with Gasteiger partial charge in [-0.1, -0.05) is 42.5 Å². The Labute approximate surface area is 140 Å². The summed E-state index contributed by atoms with van der Waals surface area (Å²) in [6.07, 6.45) is 0.190. The van der Waals surface area contributed by atoms with Crippen molar-refractivity contribution in [2.45, 2.75) is 26.3 Å². The van der Waals surface area contributed by atoms with Crippen LogP contribution >= 0.6 is 0 Å². The minimum atomic E-state index is -1.09. The van der Waals surface area contributed by atoms with E-state index in [4.69, 9.17) is 0 Å². The van der Waals surface area contributed by atoms with E-state index in [2.05, 4.69) is 0 Å². The van der Waals surface area contributed by atoms with Crippen LogP contribution in [0.15, 0.2) is 54.6 Å². The fourth-order valence-electron chi connectivity index (χ4n) is 2.38. The second kappa shape index (κ2) is 8.06. The van der Waals surface area contributed by atoms with E-state index in [1.165, 1.54) is 17.9 Å². The van der Waals surface area contributed by atoms with Crippen LogP contribution in [0, 0.1) is 0 Å². The maximum atomic E-state index is 12.6. The highest BCUT2D eigenvalue weighted by Crippen LogP contribution is 2.24. The third kappa shape index (κ3) is 4.52. The highest BCUT2D eigenvalue weighted by molar-refractivity contribution is 6.02. The zero-order chi connectivity index (χ0) is 17.5. The van der Waals surface area contributed by atoms with Crippen molar-refractivity contribution < 1.29 is 19.5 Å². The first kappa shape index (κ1) is 17.4. The van der Waals surface area contributed by atoms with Gasteiger partial charge >= 0.3 is 5.97 Å². The minimum absolute atomic E-state index is 0.0517. The predicted octanol–water partition coefficient (Wildman–Crippen LogP) is 3.29. The molecule has 5 nitrogen and oxygen atoms in total. The summed E-state index contributed by atoms with van der Waals surface area (Å²) in [4.78, 5) is 36.7. The Bertz CT molecular complexity index is 740. The quantitative estimate of drug-likeness (QED) is 0.847. The van der Waals surface area contributed by atoms with Crippen molar-refractivity contribution in [2.75, 3.05) is 4.90 Å². The van der Waals surface area contributed by atoms with Gasteiger partial charge in [0.2, 0.25) is 5.91 Å². The highest BCUT2D eigenvalue weighted by Gasteiger charge is 2.21.